The second kappa shape index (κ2) is 6.39. The topological polar surface area (TPSA) is 12.4 Å². The van der Waals surface area contributed by atoms with E-state index < -0.39 is 0 Å². The molecule has 0 heterocycles. The van der Waals surface area contributed by atoms with Crippen molar-refractivity contribution in [3.63, 3.8) is 0 Å². The van der Waals surface area contributed by atoms with E-state index in [0.717, 1.165) is 17.7 Å². The van der Waals surface area contributed by atoms with Crippen molar-refractivity contribution in [2.75, 3.05) is 0 Å². The first kappa shape index (κ1) is 12.9. The van der Waals surface area contributed by atoms with Gasteiger partial charge in [-0.25, -0.2) is 0 Å². The van der Waals surface area contributed by atoms with E-state index in [1.54, 1.807) is 0 Å². The van der Waals surface area contributed by atoms with Crippen LogP contribution in [0.1, 0.15) is 41.0 Å². The molecule has 0 spiro atoms. The minimum Gasteiger partial charge on any atom is -0.260 e. The zero-order valence-electron chi connectivity index (χ0n) is 10.0. The third kappa shape index (κ3) is 5.55. The van der Waals surface area contributed by atoms with Gasteiger partial charge in [-0.3, -0.25) is 4.99 Å². The molecule has 0 bridgehead atoms. The first-order chi connectivity index (χ1) is 6.47. The highest BCUT2D eigenvalue weighted by Gasteiger charge is 2.03. The Labute approximate surface area is 87.9 Å². The molecule has 0 amide bonds. The molecule has 0 atom stereocenters. The molecule has 78 valence electrons. The van der Waals surface area contributed by atoms with Crippen molar-refractivity contribution in [2.24, 2.45) is 10.9 Å². The maximum absolute atomic E-state index is 4.45. The van der Waals surface area contributed by atoms with Crippen LogP contribution in [-0.2, 0) is 0 Å². The van der Waals surface area contributed by atoms with Gasteiger partial charge >= 0.3 is 0 Å². The second-order valence-corrected chi connectivity index (χ2v) is 4.18. The number of aliphatic imine (C=N–C) groups is 1. The smallest absolute Gasteiger partial charge is 0.0511 e. The van der Waals surface area contributed by atoms with Gasteiger partial charge in [0.2, 0.25) is 0 Å². The Bertz CT molecular complexity index is 282. The van der Waals surface area contributed by atoms with Crippen molar-refractivity contribution in [2.45, 2.75) is 41.0 Å². The lowest BCUT2D eigenvalue weighted by atomic mass is 10.0. The summed E-state index contributed by atoms with van der Waals surface area (Å²) in [5.74, 6) is 0.614. The highest BCUT2D eigenvalue weighted by atomic mass is 14.7. The molecule has 0 radical (unpaired) electrons. The number of rotatable bonds is 4. The van der Waals surface area contributed by atoms with Gasteiger partial charge in [-0.15, -0.1) is 5.73 Å². The summed E-state index contributed by atoms with van der Waals surface area (Å²) < 4.78 is 0. The number of hydrogen-bond donors (Lipinski definition) is 0. The van der Waals surface area contributed by atoms with E-state index in [-0.39, 0.29) is 0 Å². The predicted molar refractivity (Wildman–Crippen MR) is 64.6 cm³/mol. The summed E-state index contributed by atoms with van der Waals surface area (Å²) >= 11 is 0. The molecule has 0 unspecified atom stereocenters. The van der Waals surface area contributed by atoms with Crippen molar-refractivity contribution >= 4 is 5.71 Å². The molecule has 0 fully saturated rings. The Hall–Kier alpha value is -1.07. The summed E-state index contributed by atoms with van der Waals surface area (Å²) in [4.78, 5) is 4.45. The molecule has 1 heteroatoms. The van der Waals surface area contributed by atoms with Gasteiger partial charge in [0.15, 0.2) is 0 Å². The van der Waals surface area contributed by atoms with Crippen LogP contribution in [0.15, 0.2) is 34.6 Å². The molecule has 1 nitrogen and oxygen atoms in total. The number of nitrogens with zero attached hydrogens (tertiary/aromatic N) is 1. The first-order valence-electron chi connectivity index (χ1n) is 5.04. The van der Waals surface area contributed by atoms with Crippen LogP contribution in [0.4, 0.5) is 0 Å². The van der Waals surface area contributed by atoms with Gasteiger partial charge in [0.25, 0.3) is 0 Å². The highest BCUT2D eigenvalue weighted by molar-refractivity contribution is 5.99. The molecule has 0 aromatic rings. The largest absolute Gasteiger partial charge is 0.260 e. The van der Waals surface area contributed by atoms with Crippen molar-refractivity contribution in [3.8, 4) is 0 Å². The van der Waals surface area contributed by atoms with Crippen LogP contribution < -0.4 is 0 Å². The summed E-state index contributed by atoms with van der Waals surface area (Å²) in [6.45, 7) is 14.1. The van der Waals surface area contributed by atoms with Gasteiger partial charge in [0.1, 0.15) is 0 Å². The minimum absolute atomic E-state index is 0.614. The quantitative estimate of drug-likeness (QED) is 0.468. The average molecular weight is 191 g/mol. The Morgan fingerprint density at radius 2 is 1.93 bits per heavy atom. The molecule has 0 aliphatic heterocycles. The molecule has 0 N–H and O–H groups in total. The molecule has 0 rings (SSSR count). The molecule has 14 heavy (non-hydrogen) atoms. The highest BCUT2D eigenvalue weighted by Crippen LogP contribution is 2.09. The fourth-order valence-electron chi connectivity index (χ4n) is 0.998. The minimum atomic E-state index is 0.614. The normalized spacial score (nSPS) is 11.1. The van der Waals surface area contributed by atoms with E-state index >= 15 is 0 Å². The Morgan fingerprint density at radius 1 is 1.36 bits per heavy atom. The van der Waals surface area contributed by atoms with Crippen molar-refractivity contribution in [1.29, 1.82) is 0 Å². The molecule has 0 aromatic heterocycles. The summed E-state index contributed by atoms with van der Waals surface area (Å²) in [6, 6.07) is 0. The van der Waals surface area contributed by atoms with Crippen LogP contribution >= 0.6 is 0 Å². The van der Waals surface area contributed by atoms with Gasteiger partial charge in [-0.2, -0.15) is 0 Å². The Kier molecular flexibility index (Phi) is 5.91. The fraction of sp³-hybridized carbons (Fsp3) is 0.538. The van der Waals surface area contributed by atoms with Crippen LogP contribution in [0.25, 0.3) is 0 Å². The molecule has 0 aliphatic rings. The lowest BCUT2D eigenvalue weighted by Gasteiger charge is -2.07. The first-order valence-corrected chi connectivity index (χ1v) is 5.04. The standard InChI is InChI=1S/C13H21N/c1-7-12(6)13(8-10(2)3)14-9-11(4)5/h9-10H,1,8H2,2-6H3. The average Bonchev–Trinajstić information content (AvgIpc) is 2.10. The van der Waals surface area contributed by atoms with Crippen LogP contribution in [0.5, 0.6) is 0 Å². The summed E-state index contributed by atoms with van der Waals surface area (Å²) in [5, 5.41) is 0. The SMILES string of the molecule is C=C=C(C)C(CC(C)C)=NC=C(C)C. The van der Waals surface area contributed by atoms with E-state index in [4.69, 9.17) is 0 Å². The predicted octanol–water partition coefficient (Wildman–Crippen LogP) is 4.13. The number of allylic oxidation sites excluding steroid dienone is 2. The third-order valence-electron chi connectivity index (χ3n) is 1.78. The Balaban J connectivity index is 4.82. The van der Waals surface area contributed by atoms with Gasteiger partial charge in [-0.1, -0.05) is 26.0 Å². The van der Waals surface area contributed by atoms with E-state index in [1.807, 2.05) is 27.0 Å². The zero-order valence-corrected chi connectivity index (χ0v) is 10.0. The molecule has 0 aliphatic carbocycles. The second-order valence-electron chi connectivity index (χ2n) is 4.18. The molecule has 0 aromatic carbocycles. The summed E-state index contributed by atoms with van der Waals surface area (Å²) in [6.07, 6.45) is 2.89. The van der Waals surface area contributed by atoms with Gasteiger partial charge in [-0.05, 0) is 33.1 Å². The van der Waals surface area contributed by atoms with Crippen LogP contribution in [-0.4, -0.2) is 5.71 Å². The molecule has 0 saturated heterocycles. The Morgan fingerprint density at radius 3 is 2.29 bits per heavy atom. The van der Waals surface area contributed by atoms with Crippen LogP contribution in [0.2, 0.25) is 0 Å². The van der Waals surface area contributed by atoms with E-state index in [0.29, 0.717) is 5.92 Å². The lowest BCUT2D eigenvalue weighted by Crippen LogP contribution is -2.03. The van der Waals surface area contributed by atoms with Crippen molar-refractivity contribution in [3.05, 3.63) is 29.7 Å². The fourth-order valence-corrected chi connectivity index (χ4v) is 0.998. The van der Waals surface area contributed by atoms with Crippen LogP contribution in [0, 0.1) is 5.92 Å². The third-order valence-corrected chi connectivity index (χ3v) is 1.78. The van der Waals surface area contributed by atoms with Gasteiger partial charge < -0.3 is 0 Å². The lowest BCUT2D eigenvalue weighted by molar-refractivity contribution is 0.683. The van der Waals surface area contributed by atoms with Gasteiger partial charge in [0.05, 0.1) is 5.71 Å². The van der Waals surface area contributed by atoms with Gasteiger partial charge in [0, 0.05) is 11.8 Å². The zero-order chi connectivity index (χ0) is 11.1. The summed E-state index contributed by atoms with van der Waals surface area (Å²) in [7, 11) is 0. The van der Waals surface area contributed by atoms with Crippen molar-refractivity contribution in [1.82, 2.24) is 0 Å². The maximum atomic E-state index is 4.45. The maximum Gasteiger partial charge on any atom is 0.0511 e. The van der Waals surface area contributed by atoms with E-state index in [9.17, 15) is 0 Å². The molecular weight excluding hydrogens is 170 g/mol. The van der Waals surface area contributed by atoms with Crippen LogP contribution in [0.3, 0.4) is 0 Å². The van der Waals surface area contributed by atoms with E-state index in [1.165, 1.54) is 5.57 Å². The number of hydrogen-bond acceptors (Lipinski definition) is 1. The molecule has 0 saturated carbocycles. The monoisotopic (exact) mass is 191 g/mol. The van der Waals surface area contributed by atoms with E-state index in [2.05, 4.69) is 31.2 Å². The van der Waals surface area contributed by atoms with Crippen molar-refractivity contribution < 1.29 is 0 Å². The summed E-state index contributed by atoms with van der Waals surface area (Å²) in [5.41, 5.74) is 6.26. The molecular formula is C13H21N.